The van der Waals surface area contributed by atoms with Gasteiger partial charge in [-0.25, -0.2) is 0 Å². The number of amides is 1. The number of aliphatic hydroxyl groups is 2. The first-order chi connectivity index (χ1) is 7.99. The van der Waals surface area contributed by atoms with E-state index in [0.29, 0.717) is 11.1 Å². The summed E-state index contributed by atoms with van der Waals surface area (Å²) < 4.78 is 0. The molecule has 3 N–H and O–H groups in total. The Labute approximate surface area is 98.9 Å². The van der Waals surface area contributed by atoms with Crippen LogP contribution in [0.5, 0.6) is 5.75 Å². The molecule has 1 aromatic carbocycles. The summed E-state index contributed by atoms with van der Waals surface area (Å²) in [5.74, 6) is -0.105. The number of aliphatic hydroxyl groups excluding tert-OH is 2. The summed E-state index contributed by atoms with van der Waals surface area (Å²) in [5, 5.41) is 28.1. The summed E-state index contributed by atoms with van der Waals surface area (Å²) in [6.45, 7) is 1.99. The standard InChI is InChI=1S/C12H15NO4/c1-7-4-8(2-3-9(7)14)12(17)13-5-10(15)11(16)6-13/h2-4,10-11,14-16H,5-6H2,1H3. The van der Waals surface area contributed by atoms with Crippen LogP contribution in [0.3, 0.4) is 0 Å². The van der Waals surface area contributed by atoms with Gasteiger partial charge in [0.05, 0.1) is 12.2 Å². The van der Waals surface area contributed by atoms with Crippen LogP contribution < -0.4 is 0 Å². The van der Waals surface area contributed by atoms with Crippen LogP contribution >= 0.6 is 0 Å². The van der Waals surface area contributed by atoms with Crippen molar-refractivity contribution in [3.05, 3.63) is 29.3 Å². The minimum absolute atomic E-state index is 0.139. The van der Waals surface area contributed by atoms with Crippen LogP contribution in [0.2, 0.25) is 0 Å². The van der Waals surface area contributed by atoms with E-state index in [1.807, 2.05) is 0 Å². The Morgan fingerprint density at radius 3 is 2.41 bits per heavy atom. The average molecular weight is 237 g/mol. The minimum Gasteiger partial charge on any atom is -0.508 e. The lowest BCUT2D eigenvalue weighted by Crippen LogP contribution is -2.29. The number of nitrogens with zero attached hydrogens (tertiary/aromatic N) is 1. The lowest BCUT2D eigenvalue weighted by atomic mass is 10.1. The molecule has 0 aliphatic carbocycles. The number of aromatic hydroxyl groups is 1. The van der Waals surface area contributed by atoms with Gasteiger partial charge in [0.2, 0.25) is 0 Å². The smallest absolute Gasteiger partial charge is 0.254 e. The molecule has 1 aliphatic rings. The molecule has 1 aromatic rings. The third kappa shape index (κ3) is 2.25. The first-order valence-corrected chi connectivity index (χ1v) is 5.44. The number of hydrogen-bond acceptors (Lipinski definition) is 4. The fourth-order valence-electron chi connectivity index (χ4n) is 1.91. The van der Waals surface area contributed by atoms with Crippen molar-refractivity contribution >= 4 is 5.91 Å². The number of benzene rings is 1. The van der Waals surface area contributed by atoms with Crippen LogP contribution in [0, 0.1) is 6.92 Å². The zero-order valence-corrected chi connectivity index (χ0v) is 9.50. The van der Waals surface area contributed by atoms with Gasteiger partial charge in [0, 0.05) is 18.7 Å². The molecule has 92 valence electrons. The maximum Gasteiger partial charge on any atom is 0.254 e. The van der Waals surface area contributed by atoms with E-state index in [0.717, 1.165) is 0 Å². The van der Waals surface area contributed by atoms with Gasteiger partial charge in [-0.3, -0.25) is 4.79 Å². The summed E-state index contributed by atoms with van der Waals surface area (Å²) >= 11 is 0. The molecule has 1 amide bonds. The summed E-state index contributed by atoms with van der Waals surface area (Å²) in [4.78, 5) is 13.4. The molecule has 0 saturated carbocycles. The van der Waals surface area contributed by atoms with Crippen molar-refractivity contribution < 1.29 is 20.1 Å². The van der Waals surface area contributed by atoms with Crippen LogP contribution in [-0.4, -0.2) is 51.4 Å². The second-order valence-electron chi connectivity index (χ2n) is 4.35. The van der Waals surface area contributed by atoms with Gasteiger partial charge in [-0.05, 0) is 30.7 Å². The Hall–Kier alpha value is -1.59. The van der Waals surface area contributed by atoms with E-state index in [1.54, 1.807) is 13.0 Å². The van der Waals surface area contributed by atoms with Crippen LogP contribution in [0.25, 0.3) is 0 Å². The van der Waals surface area contributed by atoms with Crippen LogP contribution in [0.15, 0.2) is 18.2 Å². The van der Waals surface area contributed by atoms with Gasteiger partial charge in [0.1, 0.15) is 5.75 Å². The number of carbonyl (C=O) groups excluding carboxylic acids is 1. The van der Waals surface area contributed by atoms with Crippen molar-refractivity contribution in [3.63, 3.8) is 0 Å². The third-order valence-corrected chi connectivity index (χ3v) is 2.99. The highest BCUT2D eigenvalue weighted by molar-refractivity contribution is 5.94. The Kier molecular flexibility index (Phi) is 3.04. The summed E-state index contributed by atoms with van der Waals surface area (Å²) in [6.07, 6.45) is -1.76. The maximum atomic E-state index is 12.0. The largest absolute Gasteiger partial charge is 0.508 e. The lowest BCUT2D eigenvalue weighted by Gasteiger charge is -2.15. The molecule has 2 unspecified atom stereocenters. The monoisotopic (exact) mass is 237 g/mol. The molecule has 2 atom stereocenters. The Morgan fingerprint density at radius 1 is 1.29 bits per heavy atom. The quantitative estimate of drug-likeness (QED) is 0.636. The molecule has 0 aromatic heterocycles. The Morgan fingerprint density at radius 2 is 1.88 bits per heavy atom. The van der Waals surface area contributed by atoms with Gasteiger partial charge < -0.3 is 20.2 Å². The van der Waals surface area contributed by atoms with Gasteiger partial charge in [0.15, 0.2) is 0 Å². The number of rotatable bonds is 1. The third-order valence-electron chi connectivity index (χ3n) is 2.99. The number of carbonyl (C=O) groups is 1. The van der Waals surface area contributed by atoms with E-state index < -0.39 is 12.2 Å². The van der Waals surface area contributed by atoms with Crippen LogP contribution in [0.1, 0.15) is 15.9 Å². The van der Waals surface area contributed by atoms with Gasteiger partial charge in [-0.15, -0.1) is 0 Å². The summed E-state index contributed by atoms with van der Waals surface area (Å²) in [7, 11) is 0. The van der Waals surface area contributed by atoms with Crippen molar-refractivity contribution in [3.8, 4) is 5.75 Å². The number of likely N-dealkylation sites (tertiary alicyclic amines) is 1. The summed E-state index contributed by atoms with van der Waals surface area (Å²) in [6, 6.07) is 4.59. The molecule has 1 heterocycles. The molecule has 0 spiro atoms. The first-order valence-electron chi connectivity index (χ1n) is 5.44. The predicted octanol–water partition coefficient (Wildman–Crippen LogP) is -0.122. The van der Waals surface area contributed by atoms with Crippen molar-refractivity contribution in [1.29, 1.82) is 0 Å². The zero-order chi connectivity index (χ0) is 12.6. The van der Waals surface area contributed by atoms with E-state index in [2.05, 4.69) is 0 Å². The maximum absolute atomic E-state index is 12.0. The molecule has 2 rings (SSSR count). The minimum atomic E-state index is -0.878. The fourth-order valence-corrected chi connectivity index (χ4v) is 1.91. The fraction of sp³-hybridized carbons (Fsp3) is 0.417. The molecule has 0 bridgehead atoms. The van der Waals surface area contributed by atoms with Crippen molar-refractivity contribution in [2.45, 2.75) is 19.1 Å². The number of phenols is 1. The van der Waals surface area contributed by atoms with Gasteiger partial charge in [0.25, 0.3) is 5.91 Å². The van der Waals surface area contributed by atoms with E-state index >= 15 is 0 Å². The Bertz CT molecular complexity index is 436. The molecule has 17 heavy (non-hydrogen) atoms. The van der Waals surface area contributed by atoms with Crippen LogP contribution in [-0.2, 0) is 0 Å². The molecular weight excluding hydrogens is 222 g/mol. The number of hydrogen-bond donors (Lipinski definition) is 3. The number of aryl methyl sites for hydroxylation is 1. The van der Waals surface area contributed by atoms with Crippen molar-refractivity contribution in [2.75, 3.05) is 13.1 Å². The predicted molar refractivity (Wildman–Crippen MR) is 60.8 cm³/mol. The van der Waals surface area contributed by atoms with Gasteiger partial charge in [-0.1, -0.05) is 0 Å². The second-order valence-corrected chi connectivity index (χ2v) is 4.35. The molecule has 5 heteroatoms. The average Bonchev–Trinajstić information content (AvgIpc) is 2.62. The topological polar surface area (TPSA) is 81.0 Å². The van der Waals surface area contributed by atoms with E-state index in [4.69, 9.17) is 0 Å². The first kappa shape index (κ1) is 11.9. The lowest BCUT2D eigenvalue weighted by molar-refractivity contribution is 0.0572. The molecular formula is C12H15NO4. The second kappa shape index (κ2) is 4.35. The number of phenolic OH excluding ortho intramolecular Hbond substituents is 1. The SMILES string of the molecule is Cc1cc(C(=O)N2CC(O)C(O)C2)ccc1O. The van der Waals surface area contributed by atoms with Crippen molar-refractivity contribution in [1.82, 2.24) is 4.90 Å². The Balaban J connectivity index is 2.17. The summed E-state index contributed by atoms with van der Waals surface area (Å²) in [5.41, 5.74) is 1.07. The van der Waals surface area contributed by atoms with E-state index in [9.17, 15) is 20.1 Å². The molecule has 1 saturated heterocycles. The molecule has 0 radical (unpaired) electrons. The zero-order valence-electron chi connectivity index (χ0n) is 9.50. The van der Waals surface area contributed by atoms with Crippen molar-refractivity contribution in [2.24, 2.45) is 0 Å². The van der Waals surface area contributed by atoms with E-state index in [-0.39, 0.29) is 24.7 Å². The van der Waals surface area contributed by atoms with Gasteiger partial charge in [-0.2, -0.15) is 0 Å². The highest BCUT2D eigenvalue weighted by Crippen LogP contribution is 2.20. The highest BCUT2D eigenvalue weighted by atomic mass is 16.3. The molecule has 1 aliphatic heterocycles. The normalized spacial score (nSPS) is 24.1. The van der Waals surface area contributed by atoms with E-state index in [1.165, 1.54) is 17.0 Å². The molecule has 1 fully saturated rings. The van der Waals surface area contributed by atoms with Crippen LogP contribution in [0.4, 0.5) is 0 Å². The number of β-amino-alcohol motifs (C(OH)–C–C–N with tert-alkyl or cyclic N) is 2. The van der Waals surface area contributed by atoms with Gasteiger partial charge >= 0.3 is 0 Å². The highest BCUT2D eigenvalue weighted by Gasteiger charge is 2.32. The molecule has 5 nitrogen and oxygen atoms in total.